The van der Waals surface area contributed by atoms with E-state index in [1.54, 1.807) is 41.8 Å². The molecule has 0 radical (unpaired) electrons. The molecule has 2 aliphatic rings. The quantitative estimate of drug-likeness (QED) is 0.867. The van der Waals surface area contributed by atoms with Crippen LogP contribution in [0.3, 0.4) is 0 Å². The van der Waals surface area contributed by atoms with Crippen LogP contribution in [0.15, 0.2) is 35.1 Å². The van der Waals surface area contributed by atoms with Gasteiger partial charge in [-0.1, -0.05) is 18.2 Å². The summed E-state index contributed by atoms with van der Waals surface area (Å²) in [6.45, 7) is 2.91. The Kier molecular flexibility index (Phi) is 3.84. The topological polar surface area (TPSA) is 77.8 Å². The Morgan fingerprint density at radius 2 is 2.08 bits per heavy atom. The monoisotopic (exact) mass is 341 g/mol. The van der Waals surface area contributed by atoms with E-state index in [-0.39, 0.29) is 23.0 Å². The number of aromatic nitrogens is 1. The first-order valence-corrected chi connectivity index (χ1v) is 8.41. The maximum Gasteiger partial charge on any atom is 0.339 e. The predicted molar refractivity (Wildman–Crippen MR) is 89.8 cm³/mol. The molecular formula is C19H19NO5. The molecular weight excluding hydrogens is 322 g/mol. The minimum Gasteiger partial charge on any atom is -0.507 e. The highest BCUT2D eigenvalue weighted by molar-refractivity contribution is 5.94. The number of nitrogens with zero attached hydrogens (tertiary/aromatic N) is 1. The molecule has 1 fully saturated rings. The van der Waals surface area contributed by atoms with Gasteiger partial charge in [-0.15, -0.1) is 0 Å². The molecule has 1 saturated heterocycles. The lowest BCUT2D eigenvalue weighted by atomic mass is 9.99. The second-order valence-electron chi connectivity index (χ2n) is 6.51. The minimum atomic E-state index is -0.882. The fourth-order valence-corrected chi connectivity index (χ4v) is 3.59. The van der Waals surface area contributed by atoms with Crippen molar-refractivity contribution in [1.29, 1.82) is 0 Å². The first-order chi connectivity index (χ1) is 12.1. The Bertz CT molecular complexity index is 895. The summed E-state index contributed by atoms with van der Waals surface area (Å²) >= 11 is 0. The van der Waals surface area contributed by atoms with Crippen molar-refractivity contribution in [3.05, 3.63) is 63.1 Å². The standard InChI is InChI=1S/C19H19NO5/c1-11-9-15(21)16(18(22)20(11)10-12-5-4-8-24-12)17-13-6-2-3-7-14(13)19(23)25-17/h2-3,6-7,9,12,17,21H,4-5,8,10H2,1H3/t12-,17-/m0/s1. The molecule has 1 aromatic carbocycles. The van der Waals surface area contributed by atoms with Gasteiger partial charge < -0.3 is 19.1 Å². The smallest absolute Gasteiger partial charge is 0.339 e. The molecule has 0 saturated carbocycles. The molecule has 1 N–H and O–H groups in total. The lowest BCUT2D eigenvalue weighted by molar-refractivity contribution is 0.0448. The third kappa shape index (κ3) is 2.62. The Labute approximate surface area is 144 Å². The zero-order chi connectivity index (χ0) is 17.6. The normalized spacial score (nSPS) is 22.0. The van der Waals surface area contributed by atoms with Crippen LogP contribution in [0.2, 0.25) is 0 Å². The number of rotatable bonds is 3. The van der Waals surface area contributed by atoms with Crippen molar-refractivity contribution in [3.8, 4) is 5.75 Å². The van der Waals surface area contributed by atoms with E-state index >= 15 is 0 Å². The second kappa shape index (κ2) is 6.04. The lowest BCUT2D eigenvalue weighted by Crippen LogP contribution is -2.31. The van der Waals surface area contributed by atoms with Crippen LogP contribution < -0.4 is 5.56 Å². The predicted octanol–water partition coefficient (Wildman–Crippen LogP) is 2.30. The number of esters is 1. The van der Waals surface area contributed by atoms with Gasteiger partial charge in [-0.05, 0) is 31.9 Å². The lowest BCUT2D eigenvalue weighted by Gasteiger charge is -2.19. The molecule has 1 aromatic heterocycles. The van der Waals surface area contributed by atoms with Crippen LogP contribution in [0.25, 0.3) is 0 Å². The summed E-state index contributed by atoms with van der Waals surface area (Å²) in [5, 5.41) is 10.4. The van der Waals surface area contributed by atoms with Crippen LogP contribution in [-0.2, 0) is 16.0 Å². The van der Waals surface area contributed by atoms with Crippen LogP contribution in [0, 0.1) is 6.92 Å². The number of hydrogen-bond donors (Lipinski definition) is 1. The Hall–Kier alpha value is -2.60. The van der Waals surface area contributed by atoms with E-state index in [1.807, 2.05) is 0 Å². The second-order valence-corrected chi connectivity index (χ2v) is 6.51. The molecule has 2 aromatic rings. The van der Waals surface area contributed by atoms with E-state index in [0.29, 0.717) is 30.0 Å². The summed E-state index contributed by atoms with van der Waals surface area (Å²) in [7, 11) is 0. The summed E-state index contributed by atoms with van der Waals surface area (Å²) in [5.41, 5.74) is 1.44. The number of pyridine rings is 1. The molecule has 0 spiro atoms. The summed E-state index contributed by atoms with van der Waals surface area (Å²) in [5.74, 6) is -0.633. The Morgan fingerprint density at radius 1 is 1.28 bits per heavy atom. The van der Waals surface area contributed by atoms with Crippen molar-refractivity contribution in [2.24, 2.45) is 0 Å². The fraction of sp³-hybridized carbons (Fsp3) is 0.368. The molecule has 0 amide bonds. The van der Waals surface area contributed by atoms with Crippen molar-refractivity contribution in [3.63, 3.8) is 0 Å². The van der Waals surface area contributed by atoms with E-state index in [4.69, 9.17) is 9.47 Å². The first kappa shape index (κ1) is 15.9. The van der Waals surface area contributed by atoms with E-state index in [2.05, 4.69) is 0 Å². The molecule has 4 rings (SSSR count). The third-order valence-electron chi connectivity index (χ3n) is 4.88. The highest BCUT2D eigenvalue weighted by Gasteiger charge is 2.36. The fourth-order valence-electron chi connectivity index (χ4n) is 3.59. The molecule has 6 heteroatoms. The van der Waals surface area contributed by atoms with Gasteiger partial charge in [0.25, 0.3) is 5.56 Å². The van der Waals surface area contributed by atoms with Crippen molar-refractivity contribution in [2.45, 2.75) is 38.5 Å². The zero-order valence-corrected chi connectivity index (χ0v) is 13.9. The van der Waals surface area contributed by atoms with Gasteiger partial charge in [-0.3, -0.25) is 4.79 Å². The number of aryl methyl sites for hydroxylation is 1. The molecule has 2 aliphatic heterocycles. The molecule has 0 bridgehead atoms. The number of carbonyl (C=O) groups is 1. The van der Waals surface area contributed by atoms with Gasteiger partial charge in [0, 0.05) is 17.9 Å². The Balaban J connectivity index is 1.80. The first-order valence-electron chi connectivity index (χ1n) is 8.41. The van der Waals surface area contributed by atoms with Crippen molar-refractivity contribution in [1.82, 2.24) is 4.57 Å². The minimum absolute atomic E-state index is 0.00722. The van der Waals surface area contributed by atoms with Crippen molar-refractivity contribution in [2.75, 3.05) is 6.61 Å². The SMILES string of the molecule is Cc1cc(O)c([C@H]2OC(=O)c3ccccc32)c(=O)n1C[C@@H]1CCCO1. The number of benzene rings is 1. The van der Waals surface area contributed by atoms with Gasteiger partial charge in [0.15, 0.2) is 6.10 Å². The van der Waals surface area contributed by atoms with E-state index in [0.717, 1.165) is 12.8 Å². The highest BCUT2D eigenvalue weighted by atomic mass is 16.5. The van der Waals surface area contributed by atoms with E-state index in [1.165, 1.54) is 0 Å². The van der Waals surface area contributed by atoms with Gasteiger partial charge in [-0.25, -0.2) is 4.79 Å². The van der Waals surface area contributed by atoms with E-state index in [9.17, 15) is 14.7 Å². The van der Waals surface area contributed by atoms with E-state index < -0.39 is 12.1 Å². The summed E-state index contributed by atoms with van der Waals surface area (Å²) in [6.07, 6.45) is 1.00. The summed E-state index contributed by atoms with van der Waals surface area (Å²) in [6, 6.07) is 8.47. The number of carbonyl (C=O) groups excluding carboxylic acids is 1. The van der Waals surface area contributed by atoms with Gasteiger partial charge in [0.1, 0.15) is 11.3 Å². The molecule has 0 aliphatic carbocycles. The molecule has 0 unspecified atom stereocenters. The number of cyclic esters (lactones) is 1. The molecule has 3 heterocycles. The number of hydrogen-bond acceptors (Lipinski definition) is 5. The van der Waals surface area contributed by atoms with Crippen LogP contribution in [-0.4, -0.2) is 28.4 Å². The molecule has 130 valence electrons. The highest BCUT2D eigenvalue weighted by Crippen LogP contribution is 2.37. The molecule has 2 atom stereocenters. The maximum absolute atomic E-state index is 13.1. The molecule has 6 nitrogen and oxygen atoms in total. The van der Waals surface area contributed by atoms with Crippen LogP contribution in [0.4, 0.5) is 0 Å². The van der Waals surface area contributed by atoms with Crippen LogP contribution in [0.5, 0.6) is 5.75 Å². The van der Waals surface area contributed by atoms with Gasteiger partial charge in [-0.2, -0.15) is 0 Å². The zero-order valence-electron chi connectivity index (χ0n) is 13.9. The number of fused-ring (bicyclic) bond motifs is 1. The third-order valence-corrected chi connectivity index (χ3v) is 4.88. The summed E-state index contributed by atoms with van der Waals surface area (Å²) < 4.78 is 12.6. The number of ether oxygens (including phenoxy) is 2. The summed E-state index contributed by atoms with van der Waals surface area (Å²) in [4.78, 5) is 25.1. The average molecular weight is 341 g/mol. The van der Waals surface area contributed by atoms with Crippen LogP contribution in [0.1, 0.15) is 46.1 Å². The van der Waals surface area contributed by atoms with Crippen molar-refractivity contribution >= 4 is 5.97 Å². The van der Waals surface area contributed by atoms with Gasteiger partial charge in [0.2, 0.25) is 0 Å². The Morgan fingerprint density at radius 3 is 2.84 bits per heavy atom. The maximum atomic E-state index is 13.1. The van der Waals surface area contributed by atoms with Gasteiger partial charge in [0.05, 0.1) is 18.2 Å². The van der Waals surface area contributed by atoms with Gasteiger partial charge >= 0.3 is 5.97 Å². The largest absolute Gasteiger partial charge is 0.507 e. The van der Waals surface area contributed by atoms with Crippen LogP contribution >= 0.6 is 0 Å². The molecule has 25 heavy (non-hydrogen) atoms. The number of aromatic hydroxyl groups is 1. The average Bonchev–Trinajstić information content (AvgIpc) is 3.21. The van der Waals surface area contributed by atoms with Crippen molar-refractivity contribution < 1.29 is 19.4 Å².